The molecule has 2 aromatic carbocycles. The number of aromatic nitrogens is 2. The summed E-state index contributed by atoms with van der Waals surface area (Å²) in [4.78, 5) is 4.35. The molecule has 0 unspecified atom stereocenters. The van der Waals surface area contributed by atoms with Crippen molar-refractivity contribution in [3.05, 3.63) is 71.5 Å². The van der Waals surface area contributed by atoms with Crippen LogP contribution in [0.25, 0.3) is 23.0 Å². The molecule has 5 rings (SSSR count). The highest BCUT2D eigenvalue weighted by Gasteiger charge is 2.20. The Balaban J connectivity index is 1.32. The molecule has 31 heavy (non-hydrogen) atoms. The van der Waals surface area contributed by atoms with Gasteiger partial charge in [0.15, 0.2) is 27.1 Å². The quantitative estimate of drug-likeness (QED) is 0.442. The number of benzene rings is 2. The van der Waals surface area contributed by atoms with Gasteiger partial charge in [-0.3, -0.25) is 0 Å². The van der Waals surface area contributed by atoms with Gasteiger partial charge in [0.05, 0.1) is 5.75 Å². The van der Waals surface area contributed by atoms with Gasteiger partial charge in [-0.15, -0.1) is 0 Å². The fraction of sp³-hybridized carbons (Fsp3) is 0.182. The molecule has 158 valence electrons. The second-order valence-corrected chi connectivity index (χ2v) is 9.34. The third-order valence-corrected chi connectivity index (χ3v) is 6.26. The van der Waals surface area contributed by atoms with Crippen molar-refractivity contribution < 1.29 is 26.8 Å². The van der Waals surface area contributed by atoms with E-state index in [1.807, 2.05) is 25.1 Å². The molecule has 8 nitrogen and oxygen atoms in total. The smallest absolute Gasteiger partial charge is 0.293 e. The molecule has 4 aromatic rings. The Morgan fingerprint density at radius 1 is 0.968 bits per heavy atom. The Kier molecular flexibility index (Phi) is 4.74. The van der Waals surface area contributed by atoms with Crippen LogP contribution >= 0.6 is 0 Å². The maximum Gasteiger partial charge on any atom is 0.293 e. The van der Waals surface area contributed by atoms with E-state index < -0.39 is 9.84 Å². The summed E-state index contributed by atoms with van der Waals surface area (Å²) < 4.78 is 46.8. The monoisotopic (exact) mass is 438 g/mol. The van der Waals surface area contributed by atoms with Gasteiger partial charge in [-0.2, -0.15) is 4.98 Å². The Morgan fingerprint density at radius 2 is 1.84 bits per heavy atom. The average molecular weight is 438 g/mol. The predicted molar refractivity (Wildman–Crippen MR) is 111 cm³/mol. The Hall–Kier alpha value is -3.59. The Morgan fingerprint density at radius 3 is 2.71 bits per heavy atom. The number of ether oxygens (including phenoxy) is 2. The minimum absolute atomic E-state index is 0.0560. The molecule has 0 radical (unpaired) electrons. The highest BCUT2D eigenvalue weighted by atomic mass is 32.2. The van der Waals surface area contributed by atoms with Gasteiger partial charge in [-0.1, -0.05) is 35.0 Å². The first kappa shape index (κ1) is 19.4. The van der Waals surface area contributed by atoms with Gasteiger partial charge >= 0.3 is 0 Å². The van der Waals surface area contributed by atoms with Gasteiger partial charge in [0.1, 0.15) is 11.5 Å². The van der Waals surface area contributed by atoms with Crippen LogP contribution in [0.1, 0.15) is 16.9 Å². The van der Waals surface area contributed by atoms with Crippen LogP contribution in [-0.2, 0) is 21.3 Å². The molecule has 0 fully saturated rings. The van der Waals surface area contributed by atoms with Gasteiger partial charge in [0.25, 0.3) is 5.89 Å². The molecular formula is C22H18N2O6S. The van der Waals surface area contributed by atoms with Crippen LogP contribution < -0.4 is 9.47 Å². The number of fused-ring (bicyclic) bond motifs is 1. The van der Waals surface area contributed by atoms with Gasteiger partial charge in [-0.05, 0) is 42.8 Å². The van der Waals surface area contributed by atoms with Crippen molar-refractivity contribution in [3.8, 4) is 34.5 Å². The van der Waals surface area contributed by atoms with Crippen molar-refractivity contribution in [2.75, 3.05) is 6.79 Å². The summed E-state index contributed by atoms with van der Waals surface area (Å²) in [5.41, 5.74) is 2.46. The number of furan rings is 1. The number of hydrogen-bond donors (Lipinski definition) is 0. The van der Waals surface area contributed by atoms with Crippen molar-refractivity contribution in [1.29, 1.82) is 0 Å². The van der Waals surface area contributed by atoms with Crippen LogP contribution in [0, 0.1) is 6.92 Å². The third kappa shape index (κ3) is 4.17. The van der Waals surface area contributed by atoms with Crippen LogP contribution in [-0.4, -0.2) is 25.4 Å². The molecule has 1 aliphatic rings. The maximum absolute atomic E-state index is 12.6. The molecule has 0 aliphatic carbocycles. The number of hydrogen-bond acceptors (Lipinski definition) is 8. The van der Waals surface area contributed by atoms with E-state index in [4.69, 9.17) is 18.4 Å². The Bertz CT molecular complexity index is 1360. The standard InChI is InChI=1S/C22H18N2O6S/c1-14-3-2-4-15(9-14)11-31(25,26)12-17-6-8-19(29-17)22-23-21(24-30-22)16-5-7-18-20(10-16)28-13-27-18/h2-10H,11-13H2,1H3. The molecule has 0 atom stereocenters. The lowest BCUT2D eigenvalue weighted by Gasteiger charge is -2.04. The van der Waals surface area contributed by atoms with Gasteiger partial charge in [0, 0.05) is 5.56 Å². The second kappa shape index (κ2) is 7.59. The maximum atomic E-state index is 12.6. The zero-order chi connectivity index (χ0) is 21.4. The molecular weight excluding hydrogens is 420 g/mol. The zero-order valence-corrected chi connectivity index (χ0v) is 17.4. The summed E-state index contributed by atoms with van der Waals surface area (Å²) >= 11 is 0. The molecule has 2 aromatic heterocycles. The lowest BCUT2D eigenvalue weighted by molar-refractivity contribution is 0.174. The van der Waals surface area contributed by atoms with E-state index in [2.05, 4.69) is 10.1 Å². The summed E-state index contributed by atoms with van der Waals surface area (Å²) in [6, 6.07) is 16.0. The fourth-order valence-corrected chi connectivity index (χ4v) is 4.75. The van der Waals surface area contributed by atoms with Crippen molar-refractivity contribution in [2.45, 2.75) is 18.4 Å². The van der Waals surface area contributed by atoms with Gasteiger partial charge in [0.2, 0.25) is 12.6 Å². The van der Waals surface area contributed by atoms with Crippen LogP contribution in [0.2, 0.25) is 0 Å². The molecule has 3 heterocycles. The first-order valence-electron chi connectivity index (χ1n) is 9.54. The normalized spacial score (nSPS) is 12.9. The van der Waals surface area contributed by atoms with Gasteiger partial charge in [-0.25, -0.2) is 8.42 Å². The van der Waals surface area contributed by atoms with Crippen LogP contribution in [0.4, 0.5) is 0 Å². The van der Waals surface area contributed by atoms with Crippen LogP contribution in [0.3, 0.4) is 0 Å². The largest absolute Gasteiger partial charge is 0.455 e. The Labute approximate surface area is 178 Å². The molecule has 0 saturated heterocycles. The first-order chi connectivity index (χ1) is 14.9. The zero-order valence-electron chi connectivity index (χ0n) is 16.6. The van der Waals surface area contributed by atoms with Crippen LogP contribution in [0.5, 0.6) is 11.5 Å². The van der Waals surface area contributed by atoms with E-state index in [9.17, 15) is 8.42 Å². The molecule has 0 saturated carbocycles. The minimum Gasteiger partial charge on any atom is -0.455 e. The summed E-state index contributed by atoms with van der Waals surface area (Å²) in [5, 5.41) is 3.98. The highest BCUT2D eigenvalue weighted by Crippen LogP contribution is 2.35. The van der Waals surface area contributed by atoms with Crippen molar-refractivity contribution in [1.82, 2.24) is 10.1 Å². The number of aryl methyl sites for hydroxylation is 1. The molecule has 0 N–H and O–H groups in total. The molecule has 0 spiro atoms. The summed E-state index contributed by atoms with van der Waals surface area (Å²) in [5.74, 6) is 2.14. The van der Waals surface area contributed by atoms with Crippen LogP contribution in [0.15, 0.2) is 63.5 Å². The second-order valence-electron chi connectivity index (χ2n) is 7.28. The number of nitrogens with zero attached hydrogens (tertiary/aromatic N) is 2. The van der Waals surface area contributed by atoms with Crippen molar-refractivity contribution in [3.63, 3.8) is 0 Å². The third-order valence-electron chi connectivity index (χ3n) is 4.76. The highest BCUT2D eigenvalue weighted by molar-refractivity contribution is 7.89. The van der Waals surface area contributed by atoms with E-state index in [0.29, 0.717) is 34.4 Å². The topological polar surface area (TPSA) is 105 Å². The van der Waals surface area contributed by atoms with E-state index in [0.717, 1.165) is 11.1 Å². The lowest BCUT2D eigenvalue weighted by atomic mass is 10.2. The fourth-order valence-electron chi connectivity index (χ4n) is 3.37. The average Bonchev–Trinajstić information content (AvgIpc) is 3.47. The van der Waals surface area contributed by atoms with E-state index in [-0.39, 0.29) is 24.2 Å². The lowest BCUT2D eigenvalue weighted by Crippen LogP contribution is -2.07. The molecule has 0 amide bonds. The number of sulfone groups is 1. The van der Waals surface area contributed by atoms with E-state index >= 15 is 0 Å². The molecule has 1 aliphatic heterocycles. The molecule has 0 bridgehead atoms. The summed E-state index contributed by atoms with van der Waals surface area (Å²) in [6.07, 6.45) is 0. The van der Waals surface area contributed by atoms with E-state index in [1.54, 1.807) is 36.4 Å². The summed E-state index contributed by atoms with van der Waals surface area (Å²) in [6.45, 7) is 2.11. The van der Waals surface area contributed by atoms with Crippen molar-refractivity contribution >= 4 is 9.84 Å². The van der Waals surface area contributed by atoms with Gasteiger partial charge < -0.3 is 18.4 Å². The van der Waals surface area contributed by atoms with E-state index in [1.165, 1.54) is 0 Å². The predicted octanol–water partition coefficient (Wildman–Crippen LogP) is 4.15. The summed E-state index contributed by atoms with van der Waals surface area (Å²) in [7, 11) is -3.40. The van der Waals surface area contributed by atoms with Crippen molar-refractivity contribution in [2.24, 2.45) is 0 Å². The SMILES string of the molecule is Cc1cccc(CS(=O)(=O)Cc2ccc(-c3nc(-c4ccc5c(c4)OCO5)no3)o2)c1. The molecule has 9 heteroatoms. The first-order valence-corrected chi connectivity index (χ1v) is 11.4. The number of rotatable bonds is 6. The minimum atomic E-state index is -3.40.